The molecule has 0 aromatic heterocycles. The molecule has 0 saturated heterocycles. The van der Waals surface area contributed by atoms with Gasteiger partial charge in [0.1, 0.15) is 0 Å². The molecule has 0 atom stereocenters. The van der Waals surface area contributed by atoms with Crippen molar-refractivity contribution in [1.29, 1.82) is 0 Å². The topological polar surface area (TPSA) is 0 Å². The van der Waals surface area contributed by atoms with E-state index in [-0.39, 0.29) is 22.3 Å². The van der Waals surface area contributed by atoms with Crippen LogP contribution in [-0.2, 0) is 5.41 Å². The first kappa shape index (κ1) is 20.7. The molecule has 1 spiro atoms. The fraction of sp³-hybridized carbons (Fsp3) is 0.0164. The van der Waals surface area contributed by atoms with E-state index in [1.54, 1.807) is 36.4 Å². The maximum absolute atomic E-state index is 9.84. The molecule has 2 aliphatic carbocycles. The van der Waals surface area contributed by atoms with Crippen LogP contribution in [0.1, 0.15) is 60.6 Å². The van der Waals surface area contributed by atoms with Gasteiger partial charge in [0.25, 0.3) is 0 Å². The number of hydrogen-bond acceptors (Lipinski definition) is 0. The Morgan fingerprint density at radius 1 is 0.292 bits per heavy atom. The van der Waals surface area contributed by atoms with Crippen molar-refractivity contribution >= 4 is 73.0 Å². The van der Waals surface area contributed by atoms with Gasteiger partial charge in [0.15, 0.2) is 0 Å². The van der Waals surface area contributed by atoms with Crippen molar-refractivity contribution in [2.45, 2.75) is 5.41 Å². The Kier molecular flexibility index (Phi) is 5.17. The van der Waals surface area contributed by atoms with E-state index >= 15 is 0 Å². The molecule has 0 bridgehead atoms. The molecule has 0 unspecified atom stereocenters. The van der Waals surface area contributed by atoms with Gasteiger partial charge in [-0.15, -0.1) is 0 Å². The van der Waals surface area contributed by atoms with E-state index in [4.69, 9.17) is 27.4 Å². The molecule has 0 radical (unpaired) electrons. The first-order valence-corrected chi connectivity index (χ1v) is 27.8. The molecule has 0 heterocycles. The quantitative estimate of drug-likeness (QED) is 0.105. The third-order valence-electron chi connectivity index (χ3n) is 11.7. The predicted octanol–water partition coefficient (Wildman–Crippen LogP) is 12.1. The van der Waals surface area contributed by atoms with E-state index in [9.17, 15) is 11.0 Å². The van der Waals surface area contributed by atoms with Crippen molar-refractivity contribution < 1.29 is 38.4 Å². The summed E-state index contributed by atoms with van der Waals surface area (Å²) in [4.78, 5) is 0. The second kappa shape index (κ2) is 16.2. The second-order valence-corrected chi connectivity index (χ2v) is 26.9. The van der Waals surface area contributed by atoms with Crippen LogP contribution in [0.25, 0.3) is 44.5 Å². The Hall–Kier alpha value is -5.90. The Morgan fingerprint density at radius 3 is 0.923 bits per heavy atom. The molecule has 308 valence electrons. The van der Waals surface area contributed by atoms with Crippen LogP contribution in [0.2, 0.25) is 0 Å². The number of hydrogen-bond donors (Lipinski definition) is 0. The van der Waals surface area contributed by atoms with Gasteiger partial charge in [0.2, 0.25) is 0 Å². The molecule has 4 heteroatoms. The fourth-order valence-corrected chi connectivity index (χ4v) is 16.3. The molecule has 10 aromatic carbocycles. The van der Waals surface area contributed by atoms with Crippen LogP contribution in [0.5, 0.6) is 0 Å². The van der Waals surface area contributed by atoms with E-state index in [0.717, 1.165) is 11.1 Å². The molecular formula is C61H42P2Se2. The van der Waals surface area contributed by atoms with E-state index in [2.05, 4.69) is 30.2 Å². The van der Waals surface area contributed by atoms with Crippen LogP contribution in [0.3, 0.4) is 0 Å². The van der Waals surface area contributed by atoms with E-state index < -0.39 is 217 Å². The zero-order valence-corrected chi connectivity index (χ0v) is 38.5. The second-order valence-electron chi connectivity index (χ2n) is 14.9. The molecule has 10 aromatic rings. The summed E-state index contributed by atoms with van der Waals surface area (Å²) >= 11 is 5.55. The molecule has 0 N–H and O–H groups in total. The third kappa shape index (κ3) is 6.32. The number of rotatable bonds is 8. The minimum atomic E-state index is -4.57. The summed E-state index contributed by atoms with van der Waals surface area (Å²) in [7, 11) is 0. The molecule has 0 saturated carbocycles. The van der Waals surface area contributed by atoms with Crippen LogP contribution in [-0.4, -0.2) is 30.2 Å². The molecule has 12 rings (SSSR count). The van der Waals surface area contributed by atoms with Crippen LogP contribution in [0.4, 0.5) is 0 Å². The predicted molar refractivity (Wildman–Crippen MR) is 283 cm³/mol. The monoisotopic (exact) mass is 1020 g/mol. The summed E-state index contributed by atoms with van der Waals surface area (Å²) in [5, 5.41) is -3.71. The molecule has 65 heavy (non-hydrogen) atoms. The Balaban J connectivity index is 1.11. The molecule has 0 aliphatic heterocycles. The van der Waals surface area contributed by atoms with Crippen molar-refractivity contribution in [1.82, 2.24) is 0 Å². The number of benzene rings is 10. The van der Waals surface area contributed by atoms with Crippen molar-refractivity contribution in [3.8, 4) is 44.5 Å². The molecule has 0 fully saturated rings. The standard InChI is InChI=1S/C61H42P2Se2/c64-62(47-17-5-1-6-18-47,48-19-7-2-8-20-48)51-35-29-43(30-36-51)45-33-39-55-56-40-34-46(42-60(56)61(59(55)41-45)57-27-15-13-25-53(57)54-26-14-16-28-58(54)61)44-31-37-52(38-32-44)63(65,49-21-9-3-10-22-49)50-23-11-4-12-24-50/h1-42H/i1D,2D,3D,4D,5D,6D,7D,8D,9D,10D,11D,12D,17D,18D,19D,20D,21D,22D,23D,24D,29D,30D,31D,32D,35D,36D,37D,38D. The van der Waals surface area contributed by atoms with Crippen molar-refractivity contribution in [2.24, 2.45) is 0 Å². The Morgan fingerprint density at radius 2 is 0.585 bits per heavy atom. The molecule has 2 aliphatic rings. The number of fused-ring (bicyclic) bond motifs is 10. The van der Waals surface area contributed by atoms with Crippen molar-refractivity contribution in [3.63, 3.8) is 0 Å². The third-order valence-corrected chi connectivity index (χ3v) is 23.7. The fourth-order valence-electron chi connectivity index (χ4n) is 8.94. The summed E-state index contributed by atoms with van der Waals surface area (Å²) in [6.45, 7) is 0. The minimum absolute atomic E-state index is 0.123. The SMILES string of the molecule is [2H]c1c([2H])c([2H])c(P(=[Se])(c2c([2H])c([2H])c([2H])c([2H])c2[2H])c2c([2H])c([2H])c(-c3ccc4c(c3)C3(c5ccccc5-c5ccccc53)c3cc(-c5c([2H])c([2H])c(P(=[Se])(c6c([2H])c([2H])c([2H])c([2H])c6[2H])c6c([2H])c([2H])c([2H])c([2H])c6[2H])c([2H])c5[2H])ccc3-4)c([2H])c2[2H])c([2H])c1[2H]. The molecule has 0 amide bonds. The maximum atomic E-state index is 9.84. The van der Waals surface area contributed by atoms with Gasteiger partial charge in [0.05, 0.1) is 0 Å². The van der Waals surface area contributed by atoms with Gasteiger partial charge in [-0.3, -0.25) is 0 Å². The van der Waals surface area contributed by atoms with Crippen LogP contribution in [0.15, 0.2) is 254 Å². The van der Waals surface area contributed by atoms with Crippen LogP contribution >= 0.6 is 11.0 Å². The summed E-state index contributed by atoms with van der Waals surface area (Å²) in [6, 6.07) is 1.62. The van der Waals surface area contributed by atoms with Gasteiger partial charge in [-0.1, -0.05) is 12.1 Å². The van der Waals surface area contributed by atoms with E-state index in [1.807, 2.05) is 48.5 Å². The summed E-state index contributed by atoms with van der Waals surface area (Å²) in [5.74, 6) is 0. The van der Waals surface area contributed by atoms with Gasteiger partial charge in [0, 0.05) is 0 Å². The normalized spacial score (nSPS) is 19.2. The van der Waals surface area contributed by atoms with Gasteiger partial charge in [-0.2, -0.15) is 0 Å². The van der Waals surface area contributed by atoms with Gasteiger partial charge in [-0.25, -0.2) is 0 Å². The van der Waals surface area contributed by atoms with Crippen LogP contribution < -0.4 is 31.8 Å². The Bertz CT molecular complexity index is 4600. The summed E-state index contributed by atoms with van der Waals surface area (Å²) < 4.78 is 255. The Labute approximate surface area is 436 Å². The van der Waals surface area contributed by atoms with Crippen molar-refractivity contribution in [2.75, 3.05) is 0 Å². The first-order valence-electron chi connectivity index (χ1n) is 33.8. The van der Waals surface area contributed by atoms with Gasteiger partial charge >= 0.3 is 426 Å². The summed E-state index contributed by atoms with van der Waals surface area (Å²) in [5.41, 5.74) is -5.55. The average Bonchev–Trinajstić information content (AvgIpc) is 1.56. The van der Waals surface area contributed by atoms with Gasteiger partial charge in [-0.05, 0) is 0 Å². The molecule has 0 nitrogen and oxygen atoms in total. The van der Waals surface area contributed by atoms with Crippen LogP contribution in [0, 0.1) is 0 Å². The van der Waals surface area contributed by atoms with Gasteiger partial charge < -0.3 is 0 Å². The van der Waals surface area contributed by atoms with Crippen molar-refractivity contribution in [3.05, 3.63) is 276 Å². The van der Waals surface area contributed by atoms with E-state index in [0.29, 0.717) is 33.4 Å². The van der Waals surface area contributed by atoms with E-state index in [1.165, 1.54) is 0 Å². The first-order chi connectivity index (χ1) is 43.6. The summed E-state index contributed by atoms with van der Waals surface area (Å²) in [6.07, 6.45) is 0. The molecular weight excluding hydrogens is 953 g/mol. The zero-order valence-electron chi connectivity index (χ0n) is 61.3. The zero-order chi connectivity index (χ0) is 68.0. The average molecular weight is 1020 g/mol.